The number of hydrogen-bond donors (Lipinski definition) is 0. The Hall–Kier alpha value is -2.68. The topological polar surface area (TPSA) is 68.9 Å². The summed E-state index contributed by atoms with van der Waals surface area (Å²) < 4.78 is 0. The van der Waals surface area contributed by atoms with Crippen molar-refractivity contribution in [2.24, 2.45) is 5.41 Å². The lowest BCUT2D eigenvalue weighted by molar-refractivity contribution is 0.276. The highest BCUT2D eigenvalue weighted by Gasteiger charge is 2.34. The molecule has 0 atom stereocenters. The minimum Gasteiger partial charge on any atom is -0.369 e. The summed E-state index contributed by atoms with van der Waals surface area (Å²) in [7, 11) is 0. The summed E-state index contributed by atoms with van der Waals surface area (Å²) in [5, 5.41) is 17.6. The third-order valence-electron chi connectivity index (χ3n) is 5.53. The van der Waals surface area contributed by atoms with Crippen molar-refractivity contribution in [3.8, 4) is 6.07 Å². The van der Waals surface area contributed by atoms with E-state index in [1.54, 1.807) is 0 Å². The van der Waals surface area contributed by atoms with Crippen LogP contribution in [0.5, 0.6) is 0 Å². The molecule has 0 N–H and O–H groups in total. The van der Waals surface area contributed by atoms with Gasteiger partial charge in [-0.3, -0.25) is 4.98 Å². The van der Waals surface area contributed by atoms with Crippen LogP contribution in [0, 0.1) is 30.6 Å². The first-order valence-electron chi connectivity index (χ1n) is 9.09. The van der Waals surface area contributed by atoms with E-state index in [2.05, 4.69) is 46.0 Å². The molecule has 0 radical (unpaired) electrons. The van der Waals surface area contributed by atoms with Crippen molar-refractivity contribution in [2.45, 2.75) is 40.7 Å². The molecule has 2 aliphatic rings. The average Bonchev–Trinajstić information content (AvgIpc) is 2.61. The van der Waals surface area contributed by atoms with Crippen LogP contribution in [0.15, 0.2) is 12.3 Å². The number of fused-ring (bicyclic) bond motifs is 1. The molecule has 2 aromatic rings. The second-order valence-electron chi connectivity index (χ2n) is 8.23. The number of aromatic nitrogens is 3. The Kier molecular flexibility index (Phi) is 3.83. The number of pyridine rings is 1. The van der Waals surface area contributed by atoms with Crippen LogP contribution in [0.25, 0.3) is 0 Å². The molecular weight excluding hydrogens is 324 g/mol. The first-order valence-corrected chi connectivity index (χ1v) is 9.09. The van der Waals surface area contributed by atoms with Gasteiger partial charge in [-0.15, -0.1) is 10.2 Å². The average molecular weight is 348 g/mol. The Morgan fingerprint density at radius 2 is 1.88 bits per heavy atom. The quantitative estimate of drug-likeness (QED) is 0.831. The molecule has 4 heterocycles. The van der Waals surface area contributed by atoms with Gasteiger partial charge in [0, 0.05) is 38.3 Å². The number of nitrogens with zero attached hydrogens (tertiary/aromatic N) is 6. The maximum atomic E-state index is 9.14. The van der Waals surface area contributed by atoms with Crippen LogP contribution in [-0.4, -0.2) is 34.8 Å². The normalized spacial score (nSPS) is 18.1. The molecule has 2 aromatic heterocycles. The molecule has 6 heteroatoms. The van der Waals surface area contributed by atoms with Gasteiger partial charge >= 0.3 is 0 Å². The predicted octanol–water partition coefficient (Wildman–Crippen LogP) is 2.77. The standard InChI is InChI=1S/C20H24N6/c1-13-14(2)19(24-23-18(13)8-21)25-6-5-17-15(10-25)7-16(9-22-17)26-11-20(3,4)12-26/h7,9H,5-6,10-12H2,1-4H3. The second-order valence-corrected chi connectivity index (χ2v) is 8.23. The fraction of sp³-hybridized carbons (Fsp3) is 0.500. The summed E-state index contributed by atoms with van der Waals surface area (Å²) in [5.74, 6) is 0.877. The zero-order valence-electron chi connectivity index (χ0n) is 15.9. The van der Waals surface area contributed by atoms with E-state index in [1.165, 1.54) is 16.9 Å². The third-order valence-corrected chi connectivity index (χ3v) is 5.53. The maximum absolute atomic E-state index is 9.14. The summed E-state index contributed by atoms with van der Waals surface area (Å²) in [4.78, 5) is 9.36. The summed E-state index contributed by atoms with van der Waals surface area (Å²) in [6, 6.07) is 4.39. The van der Waals surface area contributed by atoms with Crippen molar-refractivity contribution in [1.29, 1.82) is 5.26 Å². The zero-order chi connectivity index (χ0) is 18.5. The molecule has 0 amide bonds. The Morgan fingerprint density at radius 1 is 1.12 bits per heavy atom. The molecule has 2 aliphatic heterocycles. The minimum absolute atomic E-state index is 0.397. The molecule has 4 rings (SSSR count). The molecule has 0 unspecified atom stereocenters. The second kappa shape index (κ2) is 5.94. The Bertz CT molecular complexity index is 903. The monoisotopic (exact) mass is 348 g/mol. The Balaban J connectivity index is 1.60. The molecule has 0 aliphatic carbocycles. The fourth-order valence-corrected chi connectivity index (χ4v) is 3.94. The van der Waals surface area contributed by atoms with E-state index in [1.807, 2.05) is 20.0 Å². The summed E-state index contributed by atoms with van der Waals surface area (Å²) in [6.45, 7) is 12.4. The number of rotatable bonds is 2. The van der Waals surface area contributed by atoms with Gasteiger partial charge in [-0.1, -0.05) is 13.8 Å². The minimum atomic E-state index is 0.397. The first kappa shape index (κ1) is 16.8. The van der Waals surface area contributed by atoms with Crippen LogP contribution in [0.2, 0.25) is 0 Å². The molecular formula is C20H24N6. The van der Waals surface area contributed by atoms with Gasteiger partial charge in [0.05, 0.1) is 11.9 Å². The van der Waals surface area contributed by atoms with Crippen molar-refractivity contribution >= 4 is 11.5 Å². The van der Waals surface area contributed by atoms with E-state index in [4.69, 9.17) is 10.2 Å². The number of hydrogen-bond acceptors (Lipinski definition) is 6. The van der Waals surface area contributed by atoms with Gasteiger partial charge in [0.25, 0.3) is 0 Å². The van der Waals surface area contributed by atoms with Gasteiger partial charge in [0.1, 0.15) is 6.07 Å². The van der Waals surface area contributed by atoms with E-state index < -0.39 is 0 Å². The lowest BCUT2D eigenvalue weighted by Gasteiger charge is -2.47. The Morgan fingerprint density at radius 3 is 2.58 bits per heavy atom. The van der Waals surface area contributed by atoms with Gasteiger partial charge in [0.2, 0.25) is 0 Å². The SMILES string of the molecule is Cc1c(C#N)nnc(N2CCc3ncc(N4CC(C)(C)C4)cc3C2)c1C. The molecule has 0 spiro atoms. The van der Waals surface area contributed by atoms with E-state index in [9.17, 15) is 0 Å². The summed E-state index contributed by atoms with van der Waals surface area (Å²) >= 11 is 0. The predicted molar refractivity (Wildman–Crippen MR) is 101 cm³/mol. The smallest absolute Gasteiger partial charge is 0.166 e. The van der Waals surface area contributed by atoms with Crippen LogP contribution in [-0.2, 0) is 13.0 Å². The summed E-state index contributed by atoms with van der Waals surface area (Å²) in [6.07, 6.45) is 2.92. The molecule has 134 valence electrons. The van der Waals surface area contributed by atoms with Gasteiger partial charge < -0.3 is 9.80 Å². The van der Waals surface area contributed by atoms with Crippen LogP contribution in [0.3, 0.4) is 0 Å². The lowest BCUT2D eigenvalue weighted by atomic mass is 9.84. The van der Waals surface area contributed by atoms with Crippen molar-refractivity contribution in [1.82, 2.24) is 15.2 Å². The van der Waals surface area contributed by atoms with Crippen LogP contribution in [0.4, 0.5) is 11.5 Å². The fourth-order valence-electron chi connectivity index (χ4n) is 3.94. The van der Waals surface area contributed by atoms with Gasteiger partial charge in [-0.2, -0.15) is 5.26 Å². The van der Waals surface area contributed by atoms with Crippen LogP contribution < -0.4 is 9.80 Å². The van der Waals surface area contributed by atoms with E-state index in [0.29, 0.717) is 11.1 Å². The molecule has 0 saturated carbocycles. The number of anilines is 2. The lowest BCUT2D eigenvalue weighted by Crippen LogP contribution is -2.53. The van der Waals surface area contributed by atoms with Crippen molar-refractivity contribution in [2.75, 3.05) is 29.4 Å². The molecule has 0 aromatic carbocycles. The molecule has 6 nitrogen and oxygen atoms in total. The largest absolute Gasteiger partial charge is 0.369 e. The highest BCUT2D eigenvalue weighted by atomic mass is 15.3. The van der Waals surface area contributed by atoms with Gasteiger partial charge in [-0.25, -0.2) is 0 Å². The van der Waals surface area contributed by atoms with Gasteiger partial charge in [0.15, 0.2) is 11.5 Å². The Labute approximate surface area is 154 Å². The number of nitriles is 1. The van der Waals surface area contributed by atoms with E-state index >= 15 is 0 Å². The highest BCUT2D eigenvalue weighted by Crippen LogP contribution is 2.35. The van der Waals surface area contributed by atoms with Crippen LogP contribution in [0.1, 0.15) is 41.9 Å². The van der Waals surface area contributed by atoms with Crippen molar-refractivity contribution < 1.29 is 0 Å². The molecule has 26 heavy (non-hydrogen) atoms. The van der Waals surface area contributed by atoms with Crippen molar-refractivity contribution in [3.05, 3.63) is 40.3 Å². The first-order chi connectivity index (χ1) is 12.4. The third kappa shape index (κ3) is 2.78. The molecule has 0 bridgehead atoms. The van der Waals surface area contributed by atoms with Crippen molar-refractivity contribution in [3.63, 3.8) is 0 Å². The molecule has 1 saturated heterocycles. The van der Waals surface area contributed by atoms with Crippen LogP contribution >= 0.6 is 0 Å². The zero-order valence-corrected chi connectivity index (χ0v) is 15.9. The molecule has 1 fully saturated rings. The maximum Gasteiger partial charge on any atom is 0.166 e. The van der Waals surface area contributed by atoms with E-state index in [0.717, 1.165) is 49.5 Å². The van der Waals surface area contributed by atoms with E-state index in [-0.39, 0.29) is 0 Å². The highest BCUT2D eigenvalue weighted by molar-refractivity contribution is 5.56. The van der Waals surface area contributed by atoms with Gasteiger partial charge in [-0.05, 0) is 42.0 Å². The summed E-state index contributed by atoms with van der Waals surface area (Å²) in [5.41, 5.74) is 6.42.